The van der Waals surface area contributed by atoms with E-state index in [1.165, 1.54) is 7.11 Å². The molecule has 1 aromatic rings. The van der Waals surface area contributed by atoms with Gasteiger partial charge in [0, 0.05) is 26.7 Å². The monoisotopic (exact) mass is 420 g/mol. The first-order chi connectivity index (χ1) is 12.0. The molecule has 1 aromatic carbocycles. The van der Waals surface area contributed by atoms with E-state index in [1.807, 2.05) is 12.1 Å². The van der Waals surface area contributed by atoms with E-state index in [9.17, 15) is 9.59 Å². The second-order valence-corrected chi connectivity index (χ2v) is 6.58. The molecule has 0 bridgehead atoms. The summed E-state index contributed by atoms with van der Waals surface area (Å²) in [6, 6.07) is 7.40. The maximum Gasteiger partial charge on any atom is 0.239 e. The van der Waals surface area contributed by atoms with Crippen LogP contribution in [-0.2, 0) is 27.4 Å². The fourth-order valence-electron chi connectivity index (χ4n) is 3.10. The quantitative estimate of drug-likeness (QED) is 0.576. The van der Waals surface area contributed by atoms with Crippen molar-refractivity contribution in [1.82, 2.24) is 10.2 Å². The number of methoxy groups -OCH3 is 1. The van der Waals surface area contributed by atoms with E-state index in [2.05, 4.69) is 22.3 Å². The van der Waals surface area contributed by atoms with Gasteiger partial charge in [0.15, 0.2) is 0 Å². The Labute approximate surface area is 173 Å². The van der Waals surface area contributed by atoms with Gasteiger partial charge in [-0.25, -0.2) is 0 Å². The zero-order valence-electron chi connectivity index (χ0n) is 15.6. The van der Waals surface area contributed by atoms with E-state index >= 15 is 0 Å². The molecule has 2 rings (SSSR count). The number of halogens is 2. The van der Waals surface area contributed by atoms with Crippen LogP contribution < -0.4 is 16.8 Å². The van der Waals surface area contributed by atoms with Crippen molar-refractivity contribution in [2.24, 2.45) is 17.4 Å². The Bertz CT molecular complexity index is 604. The normalized spacial score (nSPS) is 17.9. The van der Waals surface area contributed by atoms with Crippen LogP contribution in [0.15, 0.2) is 24.3 Å². The molecule has 1 saturated heterocycles. The predicted octanol–water partition coefficient (Wildman–Crippen LogP) is 0.817. The van der Waals surface area contributed by atoms with Gasteiger partial charge in [-0.1, -0.05) is 24.3 Å². The van der Waals surface area contributed by atoms with Crippen LogP contribution in [0.25, 0.3) is 0 Å². The van der Waals surface area contributed by atoms with Gasteiger partial charge in [0.25, 0.3) is 0 Å². The van der Waals surface area contributed by atoms with Gasteiger partial charge in [-0.2, -0.15) is 0 Å². The Morgan fingerprint density at radius 3 is 2.70 bits per heavy atom. The highest BCUT2D eigenvalue weighted by Crippen LogP contribution is 2.18. The Morgan fingerprint density at radius 2 is 2.04 bits per heavy atom. The number of piperidine rings is 1. The van der Waals surface area contributed by atoms with Crippen LogP contribution in [0, 0.1) is 5.92 Å². The summed E-state index contributed by atoms with van der Waals surface area (Å²) in [6.07, 6.45) is 1.86. The van der Waals surface area contributed by atoms with Crippen molar-refractivity contribution in [1.29, 1.82) is 0 Å². The maximum absolute atomic E-state index is 11.8. The molecule has 1 fully saturated rings. The molecule has 1 aliphatic heterocycles. The topological polar surface area (TPSA) is 111 Å². The maximum atomic E-state index is 11.8. The van der Waals surface area contributed by atoms with Crippen LogP contribution in [-0.4, -0.2) is 49.6 Å². The minimum Gasteiger partial charge on any atom is -0.383 e. The summed E-state index contributed by atoms with van der Waals surface area (Å²) in [5.41, 5.74) is 13.3. The molecule has 0 radical (unpaired) electrons. The molecule has 9 heteroatoms. The smallest absolute Gasteiger partial charge is 0.239 e. The highest BCUT2D eigenvalue weighted by Gasteiger charge is 2.23. The van der Waals surface area contributed by atoms with Crippen LogP contribution in [0.5, 0.6) is 0 Å². The summed E-state index contributed by atoms with van der Waals surface area (Å²) in [5.74, 6) is -0.500. The Morgan fingerprint density at radius 1 is 1.33 bits per heavy atom. The third-order valence-corrected chi connectivity index (χ3v) is 4.46. The van der Waals surface area contributed by atoms with Gasteiger partial charge < -0.3 is 21.5 Å². The summed E-state index contributed by atoms with van der Waals surface area (Å²) >= 11 is 0. The second-order valence-electron chi connectivity index (χ2n) is 6.58. The molecule has 2 amide bonds. The largest absolute Gasteiger partial charge is 0.383 e. The van der Waals surface area contributed by atoms with Crippen LogP contribution in [0.4, 0.5) is 0 Å². The zero-order valence-corrected chi connectivity index (χ0v) is 17.2. The summed E-state index contributed by atoms with van der Waals surface area (Å²) in [7, 11) is 1.51. The van der Waals surface area contributed by atoms with Gasteiger partial charge in [0.05, 0.1) is 12.5 Å². The summed E-state index contributed by atoms with van der Waals surface area (Å²) in [5, 5.41) is 2.82. The Balaban J connectivity index is 0.00000338. The number of ether oxygens (including phenoxy) is 1. The molecule has 2 atom stereocenters. The first-order valence-electron chi connectivity index (χ1n) is 8.61. The van der Waals surface area contributed by atoms with E-state index in [1.54, 1.807) is 0 Å². The first kappa shape index (κ1) is 25.6. The van der Waals surface area contributed by atoms with Gasteiger partial charge in [0.1, 0.15) is 6.04 Å². The lowest BCUT2D eigenvalue weighted by Gasteiger charge is -2.31. The van der Waals surface area contributed by atoms with Crippen molar-refractivity contribution in [2.45, 2.75) is 32.0 Å². The van der Waals surface area contributed by atoms with E-state index in [4.69, 9.17) is 16.2 Å². The van der Waals surface area contributed by atoms with E-state index in [0.717, 1.165) is 37.1 Å². The molecule has 0 spiro atoms. The van der Waals surface area contributed by atoms with Crippen molar-refractivity contribution in [3.63, 3.8) is 0 Å². The molecule has 0 aromatic heterocycles. The molecule has 1 aliphatic rings. The van der Waals surface area contributed by atoms with Crippen LogP contribution in [0.1, 0.15) is 24.0 Å². The molecule has 1 heterocycles. The lowest BCUT2D eigenvalue weighted by atomic mass is 9.97. The number of amides is 2. The number of carbonyl (C=O) groups excluding carboxylic acids is 2. The van der Waals surface area contributed by atoms with Crippen molar-refractivity contribution in [3.05, 3.63) is 35.4 Å². The molecule has 7 nitrogen and oxygen atoms in total. The minimum atomic E-state index is -0.660. The van der Waals surface area contributed by atoms with Crippen LogP contribution >= 0.6 is 24.8 Å². The number of carbonyl (C=O) groups is 2. The van der Waals surface area contributed by atoms with E-state index < -0.39 is 6.04 Å². The molecule has 0 aliphatic carbocycles. The summed E-state index contributed by atoms with van der Waals surface area (Å²) < 4.78 is 4.88. The fraction of sp³-hybridized carbons (Fsp3) is 0.556. The van der Waals surface area contributed by atoms with Gasteiger partial charge >= 0.3 is 0 Å². The average Bonchev–Trinajstić information content (AvgIpc) is 2.60. The number of benzene rings is 1. The van der Waals surface area contributed by atoms with Gasteiger partial charge in [-0.3, -0.25) is 14.5 Å². The van der Waals surface area contributed by atoms with E-state index in [0.29, 0.717) is 13.1 Å². The number of rotatable bonds is 8. The van der Waals surface area contributed by atoms with Crippen molar-refractivity contribution < 1.29 is 14.3 Å². The molecule has 27 heavy (non-hydrogen) atoms. The van der Waals surface area contributed by atoms with Crippen molar-refractivity contribution in [2.75, 3.05) is 26.8 Å². The molecular formula is C18H30Cl2N4O3. The van der Waals surface area contributed by atoms with Gasteiger partial charge in [0.2, 0.25) is 11.8 Å². The highest BCUT2D eigenvalue weighted by atomic mass is 35.5. The fourth-order valence-corrected chi connectivity index (χ4v) is 3.10. The molecule has 154 valence electrons. The highest BCUT2D eigenvalue weighted by molar-refractivity contribution is 5.85. The number of nitrogens with two attached hydrogens (primary N) is 2. The second kappa shape index (κ2) is 12.9. The van der Waals surface area contributed by atoms with Gasteiger partial charge in [-0.05, 0) is 30.5 Å². The van der Waals surface area contributed by atoms with Gasteiger partial charge in [-0.15, -0.1) is 24.8 Å². The standard InChI is InChI=1S/C18H28N4O3.2ClH/c1-25-12-16(19)18(24)21-9-13-4-2-5-14(8-13)10-22-7-3-6-15(11-22)17(20)23;;/h2,4-5,8,15-16H,3,6-7,9-12,19H2,1H3,(H2,20,23)(H,21,24);2*1H. The number of likely N-dealkylation sites (tertiary alicyclic amines) is 1. The minimum absolute atomic E-state index is 0. The van der Waals surface area contributed by atoms with E-state index in [-0.39, 0.29) is 49.2 Å². The number of nitrogens with one attached hydrogen (secondary N) is 1. The number of hydrogen-bond donors (Lipinski definition) is 3. The number of nitrogens with zero attached hydrogens (tertiary/aromatic N) is 1. The Hall–Kier alpha value is -1.38. The van der Waals surface area contributed by atoms with Crippen molar-refractivity contribution in [3.8, 4) is 0 Å². The van der Waals surface area contributed by atoms with Crippen LogP contribution in [0.2, 0.25) is 0 Å². The third kappa shape index (κ3) is 8.45. The average molecular weight is 421 g/mol. The Kier molecular flexibility index (Phi) is 12.2. The van der Waals surface area contributed by atoms with Crippen molar-refractivity contribution >= 4 is 36.6 Å². The zero-order chi connectivity index (χ0) is 18.2. The number of hydrogen-bond acceptors (Lipinski definition) is 5. The number of primary amides is 1. The SMILES string of the molecule is COCC(N)C(=O)NCc1cccc(CN2CCCC(C(N)=O)C2)c1.Cl.Cl. The van der Waals surface area contributed by atoms with Crippen LogP contribution in [0.3, 0.4) is 0 Å². The summed E-state index contributed by atoms with van der Waals surface area (Å²) in [6.45, 7) is 3.07. The lowest BCUT2D eigenvalue weighted by Crippen LogP contribution is -2.43. The third-order valence-electron chi connectivity index (χ3n) is 4.46. The molecule has 0 saturated carbocycles. The molecular weight excluding hydrogens is 391 g/mol. The summed E-state index contributed by atoms with van der Waals surface area (Å²) in [4.78, 5) is 25.5. The predicted molar refractivity (Wildman–Crippen MR) is 110 cm³/mol. The molecule has 2 unspecified atom stereocenters. The molecule has 5 N–H and O–H groups in total. The first-order valence-corrected chi connectivity index (χ1v) is 8.61. The lowest BCUT2D eigenvalue weighted by molar-refractivity contribution is -0.124.